The number of rotatable bonds is 4. The average molecular weight is 244 g/mol. The van der Waals surface area contributed by atoms with Crippen LogP contribution in [0, 0.1) is 0 Å². The highest BCUT2D eigenvalue weighted by Crippen LogP contribution is 2.17. The van der Waals surface area contributed by atoms with Crippen molar-refractivity contribution in [3.8, 4) is 0 Å². The van der Waals surface area contributed by atoms with E-state index in [0.29, 0.717) is 5.69 Å². The summed E-state index contributed by atoms with van der Waals surface area (Å²) < 4.78 is 1.38. The Morgan fingerprint density at radius 3 is 2.62 bits per heavy atom. The zero-order valence-corrected chi connectivity index (χ0v) is 10.9. The lowest BCUT2D eigenvalue weighted by Gasteiger charge is -2.15. The lowest BCUT2D eigenvalue weighted by Crippen LogP contribution is -2.27. The van der Waals surface area contributed by atoms with Crippen LogP contribution in [-0.2, 0) is 0 Å². The molecule has 0 aliphatic heterocycles. The van der Waals surface area contributed by atoms with Gasteiger partial charge >= 0.3 is 0 Å². The molecule has 0 aromatic carbocycles. The van der Waals surface area contributed by atoms with Crippen molar-refractivity contribution in [1.82, 2.24) is 9.78 Å². The topological polar surface area (TPSA) is 46.9 Å². The summed E-state index contributed by atoms with van der Waals surface area (Å²) in [6, 6.07) is 0.288. The first-order chi connectivity index (χ1) is 7.47. The van der Waals surface area contributed by atoms with Crippen LogP contribution < -0.4 is 10.9 Å². The molecule has 4 nitrogen and oxygen atoms in total. The van der Waals surface area contributed by atoms with Gasteiger partial charge in [0, 0.05) is 6.04 Å². The highest BCUT2D eigenvalue weighted by atomic mass is 35.5. The van der Waals surface area contributed by atoms with Crippen molar-refractivity contribution in [3.63, 3.8) is 0 Å². The van der Waals surface area contributed by atoms with Crippen molar-refractivity contribution in [1.29, 1.82) is 0 Å². The minimum atomic E-state index is -0.245. The second-order valence-electron chi connectivity index (χ2n) is 4.17. The highest BCUT2D eigenvalue weighted by Gasteiger charge is 2.12. The summed E-state index contributed by atoms with van der Waals surface area (Å²) in [7, 11) is 0. The van der Waals surface area contributed by atoms with Gasteiger partial charge < -0.3 is 5.32 Å². The van der Waals surface area contributed by atoms with Crippen LogP contribution in [0.5, 0.6) is 0 Å². The van der Waals surface area contributed by atoms with Crippen LogP contribution in [0.15, 0.2) is 11.0 Å². The lowest BCUT2D eigenvalue weighted by molar-refractivity contribution is 0.503. The molecule has 16 heavy (non-hydrogen) atoms. The Balaban J connectivity index is 3.07. The Morgan fingerprint density at radius 1 is 1.50 bits per heavy atom. The molecular weight excluding hydrogens is 226 g/mol. The molecule has 1 atom stereocenters. The first-order valence-electron chi connectivity index (χ1n) is 5.51. The van der Waals surface area contributed by atoms with Crippen LogP contribution in [0.3, 0.4) is 0 Å². The van der Waals surface area contributed by atoms with Gasteiger partial charge in [0.05, 0.1) is 17.9 Å². The molecule has 1 rings (SSSR count). The molecule has 0 saturated carbocycles. The second kappa shape index (κ2) is 5.34. The predicted molar refractivity (Wildman–Crippen MR) is 67.3 cm³/mol. The smallest absolute Gasteiger partial charge is 0.287 e. The fraction of sp³-hybridized carbons (Fsp3) is 0.636. The standard InChI is InChI=1S/C11H18ClN3O/c1-5-8(4)14-9-6-13-15(7(2)3)11(16)10(9)12/h6-8,14H,5H2,1-4H3. The summed E-state index contributed by atoms with van der Waals surface area (Å²) in [5.41, 5.74) is 0.364. The van der Waals surface area contributed by atoms with Gasteiger partial charge in [-0.25, -0.2) is 4.68 Å². The van der Waals surface area contributed by atoms with Crippen LogP contribution in [0.1, 0.15) is 40.2 Å². The minimum absolute atomic E-state index is 0.0163. The highest BCUT2D eigenvalue weighted by molar-refractivity contribution is 6.32. The van der Waals surface area contributed by atoms with Crippen molar-refractivity contribution in [3.05, 3.63) is 21.6 Å². The Kier molecular flexibility index (Phi) is 4.35. The van der Waals surface area contributed by atoms with Crippen molar-refractivity contribution >= 4 is 17.3 Å². The molecule has 0 radical (unpaired) electrons. The van der Waals surface area contributed by atoms with Gasteiger partial charge in [0.2, 0.25) is 0 Å². The molecule has 1 aromatic heterocycles. The Labute approximate surface area is 101 Å². The van der Waals surface area contributed by atoms with Crippen molar-refractivity contribution < 1.29 is 0 Å². The Bertz CT molecular complexity index is 414. The van der Waals surface area contributed by atoms with E-state index in [1.54, 1.807) is 6.20 Å². The molecule has 0 fully saturated rings. The largest absolute Gasteiger partial charge is 0.380 e. The average Bonchev–Trinajstić information content (AvgIpc) is 2.24. The molecule has 0 bridgehead atoms. The quantitative estimate of drug-likeness (QED) is 0.885. The molecule has 1 heterocycles. The molecule has 0 aliphatic rings. The molecule has 1 unspecified atom stereocenters. The van der Waals surface area contributed by atoms with E-state index in [2.05, 4.69) is 17.3 Å². The fourth-order valence-corrected chi connectivity index (χ4v) is 1.47. The SMILES string of the molecule is CCC(C)Nc1cnn(C(C)C)c(=O)c1Cl. The number of nitrogens with zero attached hydrogens (tertiary/aromatic N) is 2. The number of halogens is 1. The third-order valence-corrected chi connectivity index (χ3v) is 2.81. The summed E-state index contributed by atoms with van der Waals surface area (Å²) in [4.78, 5) is 11.8. The summed E-state index contributed by atoms with van der Waals surface area (Å²) in [6.07, 6.45) is 2.57. The van der Waals surface area contributed by atoms with E-state index in [1.807, 2.05) is 20.8 Å². The molecule has 0 spiro atoms. The van der Waals surface area contributed by atoms with Crippen molar-refractivity contribution in [2.75, 3.05) is 5.32 Å². The van der Waals surface area contributed by atoms with Crippen LogP contribution in [0.4, 0.5) is 5.69 Å². The van der Waals surface area contributed by atoms with Gasteiger partial charge in [-0.3, -0.25) is 4.79 Å². The van der Waals surface area contributed by atoms with Crippen LogP contribution in [0.25, 0.3) is 0 Å². The van der Waals surface area contributed by atoms with Gasteiger partial charge in [0.15, 0.2) is 0 Å². The maximum atomic E-state index is 11.8. The first-order valence-corrected chi connectivity index (χ1v) is 5.89. The normalized spacial score (nSPS) is 12.9. The first kappa shape index (κ1) is 13.0. The molecule has 0 aliphatic carbocycles. The van der Waals surface area contributed by atoms with Crippen LogP contribution >= 0.6 is 11.6 Å². The second-order valence-corrected chi connectivity index (χ2v) is 4.55. The Hall–Kier alpha value is -1.03. The maximum absolute atomic E-state index is 11.8. The number of anilines is 1. The van der Waals surface area contributed by atoms with Gasteiger partial charge in [-0.2, -0.15) is 5.10 Å². The monoisotopic (exact) mass is 243 g/mol. The predicted octanol–water partition coefficient (Wildman–Crippen LogP) is 2.69. The van der Waals surface area contributed by atoms with Gasteiger partial charge in [-0.15, -0.1) is 0 Å². The summed E-state index contributed by atoms with van der Waals surface area (Å²) in [5, 5.41) is 7.45. The summed E-state index contributed by atoms with van der Waals surface area (Å²) >= 11 is 6.01. The number of aromatic nitrogens is 2. The van der Waals surface area contributed by atoms with E-state index in [-0.39, 0.29) is 22.7 Å². The zero-order chi connectivity index (χ0) is 12.3. The molecule has 5 heteroatoms. The van der Waals surface area contributed by atoms with Gasteiger partial charge in [-0.1, -0.05) is 18.5 Å². The minimum Gasteiger partial charge on any atom is -0.380 e. The number of hydrogen-bond donors (Lipinski definition) is 1. The van der Waals surface area contributed by atoms with E-state index < -0.39 is 0 Å². The van der Waals surface area contributed by atoms with Gasteiger partial charge in [0.25, 0.3) is 5.56 Å². The third kappa shape index (κ3) is 2.76. The Morgan fingerprint density at radius 2 is 2.12 bits per heavy atom. The molecule has 90 valence electrons. The maximum Gasteiger partial charge on any atom is 0.287 e. The molecular formula is C11H18ClN3O. The zero-order valence-electron chi connectivity index (χ0n) is 10.1. The van der Waals surface area contributed by atoms with Crippen LogP contribution in [-0.4, -0.2) is 15.8 Å². The van der Waals surface area contributed by atoms with E-state index in [1.165, 1.54) is 4.68 Å². The number of nitrogens with one attached hydrogen (secondary N) is 1. The summed E-state index contributed by atoms with van der Waals surface area (Å²) in [6.45, 7) is 7.89. The van der Waals surface area contributed by atoms with Gasteiger partial charge in [-0.05, 0) is 27.2 Å². The lowest BCUT2D eigenvalue weighted by atomic mass is 10.2. The molecule has 1 N–H and O–H groups in total. The fourth-order valence-electron chi connectivity index (χ4n) is 1.28. The number of hydrogen-bond acceptors (Lipinski definition) is 3. The van der Waals surface area contributed by atoms with Crippen molar-refractivity contribution in [2.45, 2.75) is 46.2 Å². The third-order valence-electron chi connectivity index (χ3n) is 2.45. The van der Waals surface area contributed by atoms with Crippen molar-refractivity contribution in [2.24, 2.45) is 0 Å². The van der Waals surface area contributed by atoms with E-state index in [0.717, 1.165) is 6.42 Å². The van der Waals surface area contributed by atoms with Crippen LogP contribution in [0.2, 0.25) is 5.02 Å². The molecule has 0 amide bonds. The molecule has 1 aromatic rings. The van der Waals surface area contributed by atoms with E-state index >= 15 is 0 Å². The molecule has 0 saturated heterocycles. The van der Waals surface area contributed by atoms with E-state index in [4.69, 9.17) is 11.6 Å². The van der Waals surface area contributed by atoms with E-state index in [9.17, 15) is 4.79 Å². The van der Waals surface area contributed by atoms with Gasteiger partial charge in [0.1, 0.15) is 5.02 Å². The summed E-state index contributed by atoms with van der Waals surface area (Å²) in [5.74, 6) is 0.